The van der Waals surface area contributed by atoms with Gasteiger partial charge in [0.25, 0.3) is 0 Å². The zero-order valence-corrected chi connectivity index (χ0v) is 15.8. The van der Waals surface area contributed by atoms with Crippen molar-refractivity contribution in [3.05, 3.63) is 29.3 Å². The van der Waals surface area contributed by atoms with Gasteiger partial charge in [0.1, 0.15) is 0 Å². The number of nitrogens with zero attached hydrogens (tertiary/aromatic N) is 1. The Kier molecular flexibility index (Phi) is 6.04. The lowest BCUT2D eigenvalue weighted by molar-refractivity contribution is -0.126. The molecule has 1 heterocycles. The molecule has 6 heteroatoms. The molecule has 1 aliphatic heterocycles. The fourth-order valence-electron chi connectivity index (χ4n) is 2.95. The SMILES string of the molecule is Cc1ccc(C)c(S(=O)(=O)N2CCC[C@@H](C(=O)NCC(C)C)C2)c1. The van der Waals surface area contributed by atoms with Crippen molar-refractivity contribution in [3.63, 3.8) is 0 Å². The van der Waals surface area contributed by atoms with Crippen LogP contribution in [-0.2, 0) is 14.8 Å². The maximum absolute atomic E-state index is 13.0. The highest BCUT2D eigenvalue weighted by Gasteiger charge is 2.33. The molecular formula is C18H28N2O3S. The summed E-state index contributed by atoms with van der Waals surface area (Å²) in [7, 11) is -3.56. The van der Waals surface area contributed by atoms with Crippen LogP contribution >= 0.6 is 0 Å². The first-order valence-corrected chi connectivity index (χ1v) is 10.0. The molecule has 1 amide bonds. The van der Waals surface area contributed by atoms with E-state index in [1.54, 1.807) is 6.07 Å². The summed E-state index contributed by atoms with van der Waals surface area (Å²) in [5, 5.41) is 2.92. The lowest BCUT2D eigenvalue weighted by Crippen LogP contribution is -2.46. The van der Waals surface area contributed by atoms with E-state index in [1.165, 1.54) is 4.31 Å². The van der Waals surface area contributed by atoms with Gasteiger partial charge in [-0.1, -0.05) is 26.0 Å². The summed E-state index contributed by atoms with van der Waals surface area (Å²) in [6.45, 7) is 9.14. The second kappa shape index (κ2) is 7.66. The van der Waals surface area contributed by atoms with Crippen molar-refractivity contribution in [2.75, 3.05) is 19.6 Å². The van der Waals surface area contributed by atoms with Crippen molar-refractivity contribution in [1.82, 2.24) is 9.62 Å². The van der Waals surface area contributed by atoms with E-state index in [1.807, 2.05) is 39.8 Å². The number of benzene rings is 1. The summed E-state index contributed by atoms with van der Waals surface area (Å²) in [4.78, 5) is 12.7. The third-order valence-electron chi connectivity index (χ3n) is 4.40. The average Bonchev–Trinajstić information content (AvgIpc) is 2.54. The number of nitrogens with one attached hydrogen (secondary N) is 1. The quantitative estimate of drug-likeness (QED) is 0.885. The van der Waals surface area contributed by atoms with E-state index >= 15 is 0 Å². The minimum Gasteiger partial charge on any atom is -0.356 e. The van der Waals surface area contributed by atoms with Gasteiger partial charge in [0.2, 0.25) is 15.9 Å². The second-order valence-electron chi connectivity index (χ2n) is 7.11. The summed E-state index contributed by atoms with van der Waals surface area (Å²) in [5.41, 5.74) is 1.66. The van der Waals surface area contributed by atoms with Gasteiger partial charge in [0, 0.05) is 19.6 Å². The molecule has 0 radical (unpaired) electrons. The lowest BCUT2D eigenvalue weighted by Gasteiger charge is -2.31. The number of carbonyl (C=O) groups is 1. The Bertz CT molecular complexity index is 698. The van der Waals surface area contributed by atoms with Gasteiger partial charge >= 0.3 is 0 Å². The first-order valence-electron chi connectivity index (χ1n) is 8.57. The number of sulfonamides is 1. The molecule has 1 N–H and O–H groups in total. The van der Waals surface area contributed by atoms with Gasteiger partial charge in [-0.15, -0.1) is 0 Å². The van der Waals surface area contributed by atoms with E-state index < -0.39 is 10.0 Å². The molecule has 0 aliphatic carbocycles. The predicted octanol–water partition coefficient (Wildman–Crippen LogP) is 2.48. The highest BCUT2D eigenvalue weighted by molar-refractivity contribution is 7.89. The fraction of sp³-hybridized carbons (Fsp3) is 0.611. The molecule has 0 aromatic heterocycles. The van der Waals surface area contributed by atoms with Crippen molar-refractivity contribution in [2.45, 2.75) is 45.4 Å². The Hall–Kier alpha value is -1.40. The van der Waals surface area contributed by atoms with Gasteiger partial charge < -0.3 is 5.32 Å². The van der Waals surface area contributed by atoms with E-state index in [2.05, 4.69) is 5.32 Å². The highest BCUT2D eigenvalue weighted by atomic mass is 32.2. The summed E-state index contributed by atoms with van der Waals surface area (Å²) in [6, 6.07) is 5.46. The number of hydrogen-bond donors (Lipinski definition) is 1. The summed E-state index contributed by atoms with van der Waals surface area (Å²) in [6.07, 6.45) is 1.45. The molecule has 1 aromatic rings. The molecule has 24 heavy (non-hydrogen) atoms. The zero-order valence-electron chi connectivity index (χ0n) is 15.0. The molecule has 5 nitrogen and oxygen atoms in total. The van der Waals surface area contributed by atoms with Crippen LogP contribution in [0.3, 0.4) is 0 Å². The van der Waals surface area contributed by atoms with Gasteiger partial charge in [-0.25, -0.2) is 8.42 Å². The fourth-order valence-corrected chi connectivity index (χ4v) is 4.78. The van der Waals surface area contributed by atoms with Crippen LogP contribution in [-0.4, -0.2) is 38.3 Å². The normalized spacial score (nSPS) is 19.5. The largest absolute Gasteiger partial charge is 0.356 e. The van der Waals surface area contributed by atoms with E-state index in [-0.39, 0.29) is 18.4 Å². The maximum Gasteiger partial charge on any atom is 0.243 e. The summed E-state index contributed by atoms with van der Waals surface area (Å²) < 4.78 is 27.4. The number of hydrogen-bond acceptors (Lipinski definition) is 3. The predicted molar refractivity (Wildman–Crippen MR) is 95.2 cm³/mol. The Labute approximate surface area is 145 Å². The van der Waals surface area contributed by atoms with Crippen molar-refractivity contribution in [3.8, 4) is 0 Å². The molecule has 0 saturated carbocycles. The van der Waals surface area contributed by atoms with Gasteiger partial charge in [-0.2, -0.15) is 4.31 Å². The Morgan fingerprint density at radius 2 is 2.04 bits per heavy atom. The molecule has 2 rings (SSSR count). The van der Waals surface area contributed by atoms with E-state index in [9.17, 15) is 13.2 Å². The van der Waals surface area contributed by atoms with E-state index in [0.29, 0.717) is 30.3 Å². The summed E-state index contributed by atoms with van der Waals surface area (Å²) >= 11 is 0. The lowest BCUT2D eigenvalue weighted by atomic mass is 9.98. The van der Waals surface area contributed by atoms with Crippen LogP contribution in [0.1, 0.15) is 37.8 Å². The van der Waals surface area contributed by atoms with Crippen LogP contribution in [0, 0.1) is 25.7 Å². The topological polar surface area (TPSA) is 66.5 Å². The first kappa shape index (κ1) is 18.9. The molecular weight excluding hydrogens is 324 g/mol. The minimum absolute atomic E-state index is 0.0374. The van der Waals surface area contributed by atoms with Crippen molar-refractivity contribution in [1.29, 1.82) is 0 Å². The maximum atomic E-state index is 13.0. The minimum atomic E-state index is -3.56. The number of piperidine rings is 1. The molecule has 0 bridgehead atoms. The average molecular weight is 353 g/mol. The zero-order chi connectivity index (χ0) is 17.9. The smallest absolute Gasteiger partial charge is 0.243 e. The van der Waals surface area contributed by atoms with Gasteiger partial charge in [0.05, 0.1) is 10.8 Å². The van der Waals surface area contributed by atoms with Gasteiger partial charge in [-0.05, 0) is 49.8 Å². The second-order valence-corrected chi connectivity index (χ2v) is 9.02. The standard InChI is InChI=1S/C18H28N2O3S/c1-13(2)11-19-18(21)16-6-5-9-20(12-16)24(22,23)17-10-14(3)7-8-15(17)4/h7-8,10,13,16H,5-6,9,11-12H2,1-4H3,(H,19,21)/t16-/m1/s1. The molecule has 1 atom stereocenters. The molecule has 1 fully saturated rings. The number of amides is 1. The number of carbonyl (C=O) groups excluding carboxylic acids is 1. The Morgan fingerprint density at radius 3 is 2.71 bits per heavy atom. The van der Waals surface area contributed by atoms with Crippen molar-refractivity contribution in [2.24, 2.45) is 11.8 Å². The Balaban J connectivity index is 2.16. The third kappa shape index (κ3) is 4.36. The van der Waals surface area contributed by atoms with Gasteiger partial charge in [0.15, 0.2) is 0 Å². The molecule has 134 valence electrons. The Morgan fingerprint density at radius 1 is 1.33 bits per heavy atom. The molecule has 1 aromatic carbocycles. The van der Waals surface area contributed by atoms with Crippen LogP contribution in [0.2, 0.25) is 0 Å². The number of rotatable bonds is 5. The van der Waals surface area contributed by atoms with Crippen LogP contribution in [0.25, 0.3) is 0 Å². The number of aryl methyl sites for hydroxylation is 2. The highest BCUT2D eigenvalue weighted by Crippen LogP contribution is 2.26. The van der Waals surface area contributed by atoms with E-state index in [4.69, 9.17) is 0 Å². The molecule has 1 aliphatic rings. The third-order valence-corrected chi connectivity index (χ3v) is 6.41. The van der Waals surface area contributed by atoms with Crippen LogP contribution in [0.5, 0.6) is 0 Å². The van der Waals surface area contributed by atoms with Gasteiger partial charge in [-0.3, -0.25) is 4.79 Å². The van der Waals surface area contributed by atoms with Crippen LogP contribution in [0.15, 0.2) is 23.1 Å². The summed E-state index contributed by atoms with van der Waals surface area (Å²) in [5.74, 6) is 0.0780. The van der Waals surface area contributed by atoms with E-state index in [0.717, 1.165) is 17.5 Å². The monoisotopic (exact) mass is 352 g/mol. The molecule has 0 unspecified atom stereocenters. The first-order chi connectivity index (χ1) is 11.2. The van der Waals surface area contributed by atoms with Crippen LogP contribution < -0.4 is 5.32 Å². The molecule has 1 saturated heterocycles. The van der Waals surface area contributed by atoms with Crippen molar-refractivity contribution >= 4 is 15.9 Å². The van der Waals surface area contributed by atoms with Crippen molar-refractivity contribution < 1.29 is 13.2 Å². The van der Waals surface area contributed by atoms with Crippen LogP contribution in [0.4, 0.5) is 0 Å². The molecule has 0 spiro atoms.